The van der Waals surface area contributed by atoms with Crippen molar-refractivity contribution in [3.05, 3.63) is 77.0 Å². The number of phenols is 1. The Hall–Kier alpha value is -6.04. The van der Waals surface area contributed by atoms with E-state index in [4.69, 9.17) is 19.7 Å². The van der Waals surface area contributed by atoms with Gasteiger partial charge in [0.05, 0.1) is 17.7 Å². The normalized spacial score (nSPS) is 25.1. The largest absolute Gasteiger partial charge is 0.508 e. The van der Waals surface area contributed by atoms with Crippen molar-refractivity contribution in [2.24, 2.45) is 10.8 Å². The van der Waals surface area contributed by atoms with Crippen LogP contribution < -0.4 is 25.2 Å². The SMILES string of the molecule is CCc1cccc2cc(O)cc(-c3ncc4c(N5CC6CCC(C5)N6)nc(OCC5(CN6CCC7(CC6)CC(N6CCN(c8cc9c(cc8F)C(=O)N([C@H]8CCC(=O)NC8=O)C9)CC6)C7)CC5)nc4c3F)c12. The van der Waals surface area contributed by atoms with Crippen LogP contribution in [0.15, 0.2) is 48.7 Å². The number of ether oxygens (including phenoxy) is 1. The molecule has 3 amide bonds. The van der Waals surface area contributed by atoms with E-state index in [0.717, 1.165) is 99.8 Å². The molecular weight excluding hydrogens is 919 g/mol. The van der Waals surface area contributed by atoms with Gasteiger partial charge in [0.2, 0.25) is 11.8 Å². The molecule has 2 aromatic heterocycles. The highest BCUT2D eigenvalue weighted by atomic mass is 19.1. The van der Waals surface area contributed by atoms with Gasteiger partial charge < -0.3 is 34.8 Å². The van der Waals surface area contributed by atoms with Gasteiger partial charge in [-0.2, -0.15) is 9.97 Å². The number of fused-ring (bicyclic) bond motifs is 5. The number of likely N-dealkylation sites (tertiary alicyclic amines) is 1. The van der Waals surface area contributed by atoms with Crippen LogP contribution in [0.4, 0.5) is 20.3 Å². The summed E-state index contributed by atoms with van der Waals surface area (Å²) >= 11 is 0. The third kappa shape index (κ3) is 8.10. The van der Waals surface area contributed by atoms with Gasteiger partial charge in [-0.3, -0.25) is 29.6 Å². The van der Waals surface area contributed by atoms with Crippen LogP contribution in [0.2, 0.25) is 0 Å². The predicted octanol–water partition coefficient (Wildman–Crippen LogP) is 6.32. The first-order chi connectivity index (χ1) is 34.9. The average Bonchev–Trinajstić information content (AvgIpc) is 3.96. The summed E-state index contributed by atoms with van der Waals surface area (Å²) < 4.78 is 39.4. The maximum Gasteiger partial charge on any atom is 0.319 e. The lowest BCUT2D eigenvalue weighted by molar-refractivity contribution is -0.136. The van der Waals surface area contributed by atoms with Crippen LogP contribution in [0.25, 0.3) is 32.9 Å². The van der Waals surface area contributed by atoms with Crippen molar-refractivity contribution in [3.63, 3.8) is 0 Å². The Balaban J connectivity index is 0.641. The molecule has 3 atom stereocenters. The van der Waals surface area contributed by atoms with Gasteiger partial charge in [0.25, 0.3) is 5.91 Å². The van der Waals surface area contributed by atoms with E-state index in [1.807, 2.05) is 18.2 Å². The lowest BCUT2D eigenvalue weighted by Crippen LogP contribution is -2.59. The lowest BCUT2D eigenvalue weighted by Gasteiger charge is -2.56. The zero-order valence-electron chi connectivity index (χ0n) is 40.9. The molecule has 17 heteroatoms. The van der Waals surface area contributed by atoms with Crippen LogP contribution in [-0.4, -0.2) is 142 Å². The number of aromatic nitrogens is 3. The molecule has 2 aliphatic carbocycles. The minimum atomic E-state index is -0.729. The van der Waals surface area contributed by atoms with Crippen molar-refractivity contribution in [3.8, 4) is 23.0 Å². The second kappa shape index (κ2) is 17.6. The third-order valence-corrected chi connectivity index (χ3v) is 17.9. The summed E-state index contributed by atoms with van der Waals surface area (Å²) in [5.74, 6) is -1.43. The number of pyridine rings is 1. The molecular formula is C55H62F2N10O5. The van der Waals surface area contributed by atoms with Crippen LogP contribution in [0.5, 0.6) is 11.8 Å². The molecule has 3 aromatic carbocycles. The number of hydrogen-bond donors (Lipinski definition) is 3. The molecule has 3 N–H and O–H groups in total. The first kappa shape index (κ1) is 45.8. The van der Waals surface area contributed by atoms with Gasteiger partial charge in [-0.05, 0) is 129 Å². The number of imide groups is 1. The number of nitrogens with zero attached hydrogens (tertiary/aromatic N) is 8. The molecule has 5 aromatic rings. The van der Waals surface area contributed by atoms with Crippen molar-refractivity contribution in [2.45, 2.75) is 108 Å². The van der Waals surface area contributed by atoms with Gasteiger partial charge in [-0.1, -0.05) is 25.1 Å². The number of aromatic hydroxyl groups is 1. The topological polar surface area (TPSA) is 160 Å². The van der Waals surface area contributed by atoms with Crippen LogP contribution in [0, 0.1) is 22.5 Å². The minimum absolute atomic E-state index is 0.00127. The van der Waals surface area contributed by atoms with E-state index in [9.17, 15) is 19.5 Å². The van der Waals surface area contributed by atoms with E-state index in [1.54, 1.807) is 24.4 Å². The fourth-order valence-corrected chi connectivity index (χ4v) is 13.6. The highest BCUT2D eigenvalue weighted by Crippen LogP contribution is 2.53. The molecule has 2 bridgehead atoms. The summed E-state index contributed by atoms with van der Waals surface area (Å²) in [6, 6.07) is 13.0. The van der Waals surface area contributed by atoms with Crippen molar-refractivity contribution in [2.75, 3.05) is 75.3 Å². The third-order valence-electron chi connectivity index (χ3n) is 17.9. The van der Waals surface area contributed by atoms with E-state index in [0.29, 0.717) is 71.3 Å². The number of halogens is 2. The molecule has 1 spiro atoms. The van der Waals surface area contributed by atoms with Crippen molar-refractivity contribution < 1.29 is 33.0 Å². The quantitative estimate of drug-likeness (QED) is 0.127. The number of phenolic OH excluding ortho intramolecular Hbond substituents is 1. The number of benzene rings is 3. The zero-order valence-corrected chi connectivity index (χ0v) is 40.9. The van der Waals surface area contributed by atoms with Crippen LogP contribution in [-0.2, 0) is 22.6 Å². The second-order valence-electron chi connectivity index (χ2n) is 22.4. The van der Waals surface area contributed by atoms with Crippen LogP contribution in [0.1, 0.15) is 92.6 Å². The molecule has 15 nitrogen and oxygen atoms in total. The van der Waals surface area contributed by atoms with Crippen LogP contribution >= 0.6 is 0 Å². The molecule has 0 radical (unpaired) electrons. The van der Waals surface area contributed by atoms with E-state index in [-0.39, 0.29) is 59.6 Å². The maximum absolute atomic E-state index is 17.2. The molecule has 5 saturated heterocycles. The first-order valence-electron chi connectivity index (χ1n) is 26.3. The van der Waals surface area contributed by atoms with Gasteiger partial charge >= 0.3 is 6.01 Å². The number of aryl methyl sites for hydroxylation is 1. The summed E-state index contributed by atoms with van der Waals surface area (Å²) in [5, 5.41) is 19.1. The number of piperazine rings is 2. The second-order valence-corrected chi connectivity index (χ2v) is 22.4. The zero-order chi connectivity index (χ0) is 49.0. The summed E-state index contributed by atoms with van der Waals surface area (Å²) in [6.07, 6.45) is 11.9. The smallest absolute Gasteiger partial charge is 0.319 e. The van der Waals surface area contributed by atoms with Crippen molar-refractivity contribution >= 4 is 50.9 Å². The molecule has 8 aliphatic rings. The first-order valence-corrected chi connectivity index (χ1v) is 26.3. The Labute approximate surface area is 417 Å². The Morgan fingerprint density at radius 1 is 0.875 bits per heavy atom. The van der Waals surface area contributed by atoms with E-state index in [2.05, 4.69) is 37.2 Å². The summed E-state index contributed by atoms with van der Waals surface area (Å²) in [7, 11) is 0. The summed E-state index contributed by atoms with van der Waals surface area (Å²) in [5.41, 5.74) is 3.79. The predicted molar refractivity (Wildman–Crippen MR) is 268 cm³/mol. The average molecular weight is 981 g/mol. The molecule has 7 fully saturated rings. The van der Waals surface area contributed by atoms with Gasteiger partial charge in [-0.15, -0.1) is 0 Å². The molecule has 13 rings (SSSR count). The van der Waals surface area contributed by atoms with Crippen LogP contribution in [0.3, 0.4) is 0 Å². The number of rotatable bonds is 11. The Morgan fingerprint density at radius 3 is 2.39 bits per heavy atom. The fourth-order valence-electron chi connectivity index (χ4n) is 13.6. The highest BCUT2D eigenvalue weighted by molar-refractivity contribution is 6.06. The van der Waals surface area contributed by atoms with Crippen molar-refractivity contribution in [1.29, 1.82) is 0 Å². The van der Waals surface area contributed by atoms with Gasteiger partial charge in [0.15, 0.2) is 5.82 Å². The molecule has 72 heavy (non-hydrogen) atoms. The Morgan fingerprint density at radius 2 is 1.65 bits per heavy atom. The molecule has 6 aliphatic heterocycles. The van der Waals surface area contributed by atoms with E-state index in [1.165, 1.54) is 36.6 Å². The standard InChI is InChI=1S/C55H62F2N10O5/c1-2-32-4-3-5-33-20-38(68)22-40(46(32)33)48-47(57)49-41(26-58-48)50(66-28-35-6-7-36(29-66)59-35)62-53(61-49)72-31-55(10-11-55)30-63-14-12-54(13-15-63)24-37(25-54)64-16-18-65(19-17-64)44-21-34-27-67(52(71)39(34)23-42(44)56)43-8-9-45(69)60-51(43)70/h3-5,20-23,26,35-37,43,59,68H,2,6-19,24-25,27-31H2,1H3,(H,60,69,70)/t35?,36?,43-/m0/s1. The highest BCUT2D eigenvalue weighted by Gasteiger charge is 2.51. The number of hydrogen-bond acceptors (Lipinski definition) is 13. The summed E-state index contributed by atoms with van der Waals surface area (Å²) in [4.78, 5) is 63.1. The van der Waals surface area contributed by atoms with E-state index >= 15 is 8.78 Å². The number of carbonyl (C=O) groups is 3. The minimum Gasteiger partial charge on any atom is -0.508 e. The van der Waals surface area contributed by atoms with Gasteiger partial charge in [0.1, 0.15) is 34.6 Å². The van der Waals surface area contributed by atoms with Gasteiger partial charge in [-0.25, -0.2) is 8.78 Å². The van der Waals surface area contributed by atoms with Gasteiger partial charge in [0, 0.05) is 99.6 Å². The monoisotopic (exact) mass is 980 g/mol. The number of amides is 3. The Kier molecular flexibility index (Phi) is 11.2. The number of carbonyl (C=O) groups excluding carboxylic acids is 3. The summed E-state index contributed by atoms with van der Waals surface area (Å²) in [6.45, 7) is 10.5. The van der Waals surface area contributed by atoms with E-state index < -0.39 is 23.6 Å². The molecule has 2 unspecified atom stereocenters. The molecule has 376 valence electrons. The number of nitrogens with one attached hydrogen (secondary N) is 2. The van der Waals surface area contributed by atoms with Crippen molar-refractivity contribution in [1.82, 2.24) is 40.3 Å². The fraction of sp³-hybridized carbons (Fsp3) is 0.527. The number of piperidine rings is 2. The maximum atomic E-state index is 17.2. The molecule has 2 saturated carbocycles. The number of anilines is 2. The Bertz CT molecular complexity index is 3020. The lowest BCUT2D eigenvalue weighted by atomic mass is 9.60. The molecule has 8 heterocycles.